The molecule has 0 radical (unpaired) electrons. The van der Waals surface area contributed by atoms with Crippen LogP contribution >= 0.6 is 0 Å². The van der Waals surface area contributed by atoms with Gasteiger partial charge >= 0.3 is 0 Å². The van der Waals surface area contributed by atoms with Gasteiger partial charge in [-0.1, -0.05) is 24.3 Å². The number of nitrogens with one attached hydrogen (secondary N) is 1. The van der Waals surface area contributed by atoms with Gasteiger partial charge < -0.3 is 10.4 Å². The number of carbonyl (C=O) groups excluding carboxylic acids is 1. The molecule has 7 heteroatoms. The van der Waals surface area contributed by atoms with E-state index in [2.05, 4.69) is 39.8 Å². The lowest BCUT2D eigenvalue weighted by Gasteiger charge is -2.17. The first-order valence-corrected chi connectivity index (χ1v) is 9.84. The highest BCUT2D eigenvalue weighted by molar-refractivity contribution is 5.92. The van der Waals surface area contributed by atoms with Crippen molar-refractivity contribution in [3.05, 3.63) is 77.9 Å². The molecule has 0 aliphatic carbocycles. The first-order chi connectivity index (χ1) is 14.3. The Hall–Kier alpha value is -3.45. The van der Waals surface area contributed by atoms with Crippen molar-refractivity contribution in [3.8, 4) is 11.1 Å². The molecule has 4 aromatic rings. The average molecular weight is 403 g/mol. The zero-order chi connectivity index (χ0) is 21.3. The standard InChI is InChI=1S/C23H25N5O2/c1-23(2,30)15-24-22(29)20-12-18(21-5-4-10-28(21)26-20)11-16-6-8-17(9-7-16)19-13-25-27(3)14-19/h4-10,12-14,30H,11,15H2,1-3H3,(H,24,29). The Kier molecular flexibility index (Phi) is 5.13. The van der Waals surface area contributed by atoms with Crippen LogP contribution in [-0.4, -0.2) is 42.6 Å². The summed E-state index contributed by atoms with van der Waals surface area (Å²) in [6.45, 7) is 3.45. The van der Waals surface area contributed by atoms with Gasteiger partial charge in [-0.25, -0.2) is 4.52 Å². The lowest BCUT2D eigenvalue weighted by molar-refractivity contribution is 0.0691. The van der Waals surface area contributed by atoms with E-state index >= 15 is 0 Å². The highest BCUT2D eigenvalue weighted by atomic mass is 16.3. The van der Waals surface area contributed by atoms with Crippen LogP contribution in [0.3, 0.4) is 0 Å². The molecule has 0 fully saturated rings. The second-order valence-electron chi connectivity index (χ2n) is 8.16. The first-order valence-electron chi connectivity index (χ1n) is 9.84. The summed E-state index contributed by atoms with van der Waals surface area (Å²) >= 11 is 0. The van der Waals surface area contributed by atoms with Gasteiger partial charge in [0, 0.05) is 31.5 Å². The van der Waals surface area contributed by atoms with Crippen LogP contribution < -0.4 is 5.32 Å². The van der Waals surface area contributed by atoms with Gasteiger partial charge in [0.1, 0.15) is 5.69 Å². The number of aromatic nitrogens is 4. The third kappa shape index (κ3) is 4.41. The second-order valence-corrected chi connectivity index (χ2v) is 8.16. The summed E-state index contributed by atoms with van der Waals surface area (Å²) in [4.78, 5) is 12.6. The number of fused-ring (bicyclic) bond motifs is 1. The number of aryl methyl sites for hydroxylation is 1. The number of hydrogen-bond donors (Lipinski definition) is 2. The van der Waals surface area contributed by atoms with E-state index in [-0.39, 0.29) is 12.5 Å². The Morgan fingerprint density at radius 2 is 1.93 bits per heavy atom. The SMILES string of the molecule is Cn1cc(-c2ccc(Cc3cc(C(=O)NCC(C)(C)O)nn4cccc34)cc2)cn1. The molecule has 0 aliphatic heterocycles. The molecule has 0 saturated carbocycles. The number of amides is 1. The van der Waals surface area contributed by atoms with E-state index in [4.69, 9.17) is 0 Å². The van der Waals surface area contributed by atoms with Gasteiger partial charge in [0.25, 0.3) is 5.91 Å². The third-order valence-electron chi connectivity index (χ3n) is 4.88. The van der Waals surface area contributed by atoms with Crippen LogP contribution in [-0.2, 0) is 13.5 Å². The summed E-state index contributed by atoms with van der Waals surface area (Å²) in [7, 11) is 1.90. The number of carbonyl (C=O) groups is 1. The summed E-state index contributed by atoms with van der Waals surface area (Å²) in [5.74, 6) is -0.305. The van der Waals surface area contributed by atoms with Gasteiger partial charge in [-0.15, -0.1) is 0 Å². The summed E-state index contributed by atoms with van der Waals surface area (Å²) in [5.41, 5.74) is 4.65. The minimum absolute atomic E-state index is 0.155. The van der Waals surface area contributed by atoms with Crippen LogP contribution in [0, 0.1) is 0 Å². The molecule has 4 rings (SSSR count). The molecule has 3 heterocycles. The highest BCUT2D eigenvalue weighted by Crippen LogP contribution is 2.22. The average Bonchev–Trinajstić information content (AvgIpc) is 3.35. The molecule has 30 heavy (non-hydrogen) atoms. The molecule has 7 nitrogen and oxygen atoms in total. The Labute approximate surface area is 175 Å². The fraction of sp³-hybridized carbons (Fsp3) is 0.261. The third-order valence-corrected chi connectivity index (χ3v) is 4.88. The number of aliphatic hydroxyl groups is 1. The lowest BCUT2D eigenvalue weighted by atomic mass is 10.0. The Morgan fingerprint density at radius 1 is 1.17 bits per heavy atom. The van der Waals surface area contributed by atoms with Crippen LogP contribution in [0.1, 0.15) is 35.5 Å². The van der Waals surface area contributed by atoms with Gasteiger partial charge in [-0.3, -0.25) is 9.48 Å². The van der Waals surface area contributed by atoms with Crippen LogP contribution in [0.15, 0.2) is 61.1 Å². The van der Waals surface area contributed by atoms with Crippen LogP contribution in [0.25, 0.3) is 16.6 Å². The van der Waals surface area contributed by atoms with Gasteiger partial charge in [0.15, 0.2) is 0 Å². The zero-order valence-electron chi connectivity index (χ0n) is 17.3. The molecule has 0 atom stereocenters. The molecule has 0 spiro atoms. The van der Waals surface area contributed by atoms with Crippen LogP contribution in [0.5, 0.6) is 0 Å². The molecule has 0 unspecified atom stereocenters. The van der Waals surface area contributed by atoms with Crippen molar-refractivity contribution in [2.75, 3.05) is 6.54 Å². The monoisotopic (exact) mass is 403 g/mol. The molecule has 2 N–H and O–H groups in total. The Bertz CT molecular complexity index is 1180. The topological polar surface area (TPSA) is 84.5 Å². The van der Waals surface area contributed by atoms with E-state index in [1.54, 1.807) is 23.0 Å². The van der Waals surface area contributed by atoms with Crippen molar-refractivity contribution in [2.45, 2.75) is 25.9 Å². The van der Waals surface area contributed by atoms with E-state index in [0.717, 1.165) is 27.8 Å². The molecular weight excluding hydrogens is 378 g/mol. The molecular formula is C23H25N5O2. The van der Waals surface area contributed by atoms with Crippen molar-refractivity contribution < 1.29 is 9.90 Å². The molecule has 1 aromatic carbocycles. The largest absolute Gasteiger partial charge is 0.389 e. The second kappa shape index (κ2) is 7.76. The molecule has 154 valence electrons. The number of rotatable bonds is 6. The maximum absolute atomic E-state index is 12.6. The van der Waals surface area contributed by atoms with E-state index in [9.17, 15) is 9.90 Å². The van der Waals surface area contributed by atoms with E-state index in [1.165, 1.54) is 0 Å². The smallest absolute Gasteiger partial charge is 0.271 e. The summed E-state index contributed by atoms with van der Waals surface area (Å²) in [6, 6.07) is 14.1. The first kappa shape index (κ1) is 19.8. The molecule has 0 bridgehead atoms. The van der Waals surface area contributed by atoms with Crippen molar-refractivity contribution in [2.24, 2.45) is 7.05 Å². The minimum Gasteiger partial charge on any atom is -0.389 e. The zero-order valence-corrected chi connectivity index (χ0v) is 17.3. The van der Waals surface area contributed by atoms with E-state index in [1.807, 2.05) is 43.8 Å². The maximum atomic E-state index is 12.6. The predicted octanol–water partition coefficient (Wildman–Crippen LogP) is 2.83. The lowest BCUT2D eigenvalue weighted by Crippen LogP contribution is -2.38. The molecule has 1 amide bonds. The van der Waals surface area contributed by atoms with Gasteiger partial charge in [-0.2, -0.15) is 10.2 Å². The van der Waals surface area contributed by atoms with Crippen molar-refractivity contribution in [1.29, 1.82) is 0 Å². The van der Waals surface area contributed by atoms with Crippen molar-refractivity contribution in [3.63, 3.8) is 0 Å². The predicted molar refractivity (Wildman–Crippen MR) is 115 cm³/mol. The normalized spacial score (nSPS) is 11.7. The number of hydrogen-bond acceptors (Lipinski definition) is 4. The van der Waals surface area contributed by atoms with E-state index in [0.29, 0.717) is 12.1 Å². The summed E-state index contributed by atoms with van der Waals surface area (Å²) in [5, 5.41) is 21.2. The maximum Gasteiger partial charge on any atom is 0.271 e. The molecule has 0 saturated heterocycles. The fourth-order valence-corrected chi connectivity index (χ4v) is 3.34. The number of benzene rings is 1. The molecule has 3 aromatic heterocycles. The fourth-order valence-electron chi connectivity index (χ4n) is 3.34. The van der Waals surface area contributed by atoms with Crippen molar-refractivity contribution >= 4 is 11.4 Å². The van der Waals surface area contributed by atoms with Crippen LogP contribution in [0.4, 0.5) is 0 Å². The minimum atomic E-state index is -0.980. The van der Waals surface area contributed by atoms with E-state index < -0.39 is 5.60 Å². The van der Waals surface area contributed by atoms with Crippen LogP contribution in [0.2, 0.25) is 0 Å². The molecule has 0 aliphatic rings. The van der Waals surface area contributed by atoms with Gasteiger partial charge in [-0.05, 0) is 55.2 Å². The number of nitrogens with zero attached hydrogens (tertiary/aromatic N) is 4. The summed E-state index contributed by atoms with van der Waals surface area (Å²) in [6.07, 6.45) is 6.34. The van der Waals surface area contributed by atoms with Crippen molar-refractivity contribution in [1.82, 2.24) is 24.7 Å². The Morgan fingerprint density at radius 3 is 2.60 bits per heavy atom. The van der Waals surface area contributed by atoms with Gasteiger partial charge in [0.2, 0.25) is 0 Å². The summed E-state index contributed by atoms with van der Waals surface area (Å²) < 4.78 is 3.51. The van der Waals surface area contributed by atoms with Gasteiger partial charge in [0.05, 0.1) is 17.3 Å². The highest BCUT2D eigenvalue weighted by Gasteiger charge is 2.17. The quantitative estimate of drug-likeness (QED) is 0.519. The Balaban J connectivity index is 1.59.